The van der Waals surface area contributed by atoms with Gasteiger partial charge in [-0.2, -0.15) is 10.2 Å². The van der Waals surface area contributed by atoms with Crippen LogP contribution < -0.4 is 5.32 Å². The lowest BCUT2D eigenvalue weighted by atomic mass is 10.1. The predicted octanol–water partition coefficient (Wildman–Crippen LogP) is 0.760. The zero-order chi connectivity index (χ0) is 16.2. The van der Waals surface area contributed by atoms with E-state index in [-0.39, 0.29) is 11.9 Å². The summed E-state index contributed by atoms with van der Waals surface area (Å²) in [5.41, 5.74) is 0.465. The van der Waals surface area contributed by atoms with Gasteiger partial charge >= 0.3 is 0 Å². The number of H-pyrrole nitrogens is 1. The number of aromatic amines is 1. The molecule has 1 amide bonds. The Balaban J connectivity index is 1.63. The van der Waals surface area contributed by atoms with Crippen LogP contribution in [0.1, 0.15) is 47.9 Å². The third kappa shape index (κ3) is 3.58. The minimum absolute atomic E-state index is 0.148. The molecule has 124 valence electrons. The highest BCUT2D eigenvalue weighted by atomic mass is 16.1. The minimum Gasteiger partial charge on any atom is -0.354 e. The number of hydrogen-bond acceptors (Lipinski definition) is 5. The number of aryl methyl sites for hydroxylation is 1. The van der Waals surface area contributed by atoms with E-state index in [4.69, 9.17) is 0 Å². The van der Waals surface area contributed by atoms with Crippen molar-refractivity contribution >= 4 is 5.91 Å². The molecule has 3 heterocycles. The van der Waals surface area contributed by atoms with E-state index in [2.05, 4.69) is 30.5 Å². The van der Waals surface area contributed by atoms with Crippen molar-refractivity contribution in [1.29, 1.82) is 0 Å². The molecule has 0 bridgehead atoms. The maximum atomic E-state index is 11.6. The first-order valence-corrected chi connectivity index (χ1v) is 8.09. The van der Waals surface area contributed by atoms with Gasteiger partial charge in [-0.3, -0.25) is 19.5 Å². The maximum absolute atomic E-state index is 11.6. The van der Waals surface area contributed by atoms with Gasteiger partial charge in [0.15, 0.2) is 0 Å². The maximum Gasteiger partial charge on any atom is 0.271 e. The number of carbonyl (C=O) groups is 1. The van der Waals surface area contributed by atoms with E-state index < -0.39 is 0 Å². The summed E-state index contributed by atoms with van der Waals surface area (Å²) in [6.07, 6.45) is 4.91. The number of piperidine rings is 1. The molecule has 2 aromatic rings. The summed E-state index contributed by atoms with van der Waals surface area (Å²) in [7, 11) is 1.62. The van der Waals surface area contributed by atoms with Gasteiger partial charge in [0, 0.05) is 26.2 Å². The second-order valence-electron chi connectivity index (χ2n) is 5.84. The summed E-state index contributed by atoms with van der Waals surface area (Å²) < 4.78 is 1.91. The standard InChI is InChI=1S/C15H23N7O/c1-3-13-17-14(19-18-13)10-21-7-4-5-11(9-21)22-8-6-12(20-22)15(23)16-2/h6,8,11H,3-5,7,9-10H2,1-2H3,(H,16,23)(H,17,18,19)/t11-/m1/s1. The Morgan fingerprint density at radius 2 is 2.39 bits per heavy atom. The number of aromatic nitrogens is 5. The Morgan fingerprint density at radius 3 is 3.13 bits per heavy atom. The second-order valence-corrected chi connectivity index (χ2v) is 5.84. The van der Waals surface area contributed by atoms with E-state index in [1.165, 1.54) is 0 Å². The average molecular weight is 317 g/mol. The van der Waals surface area contributed by atoms with E-state index in [1.54, 1.807) is 13.1 Å². The molecule has 8 heteroatoms. The van der Waals surface area contributed by atoms with Gasteiger partial charge in [-0.25, -0.2) is 4.98 Å². The third-order valence-corrected chi connectivity index (χ3v) is 4.19. The molecule has 0 saturated carbocycles. The third-order valence-electron chi connectivity index (χ3n) is 4.19. The Labute approximate surface area is 135 Å². The summed E-state index contributed by atoms with van der Waals surface area (Å²) in [6, 6.07) is 2.05. The number of nitrogens with zero attached hydrogens (tertiary/aromatic N) is 5. The van der Waals surface area contributed by atoms with Gasteiger partial charge in [0.2, 0.25) is 0 Å². The summed E-state index contributed by atoms with van der Waals surface area (Å²) in [4.78, 5) is 18.5. The highest BCUT2D eigenvalue weighted by Crippen LogP contribution is 2.22. The summed E-state index contributed by atoms with van der Waals surface area (Å²) in [6.45, 7) is 4.76. The fourth-order valence-corrected chi connectivity index (χ4v) is 2.96. The van der Waals surface area contributed by atoms with Gasteiger partial charge in [0.05, 0.1) is 12.6 Å². The molecule has 8 nitrogen and oxygen atoms in total. The Morgan fingerprint density at radius 1 is 1.52 bits per heavy atom. The second kappa shape index (κ2) is 6.91. The summed E-state index contributed by atoms with van der Waals surface area (Å²) >= 11 is 0. The van der Waals surface area contributed by atoms with Gasteiger partial charge in [-0.15, -0.1) is 0 Å². The molecule has 2 aromatic heterocycles. The number of rotatable bonds is 5. The zero-order valence-corrected chi connectivity index (χ0v) is 13.6. The van der Waals surface area contributed by atoms with Gasteiger partial charge in [0.1, 0.15) is 17.3 Å². The van der Waals surface area contributed by atoms with Crippen LogP contribution in [-0.2, 0) is 13.0 Å². The molecule has 23 heavy (non-hydrogen) atoms. The number of hydrogen-bond donors (Lipinski definition) is 2. The molecule has 1 fully saturated rings. The van der Waals surface area contributed by atoms with Crippen molar-refractivity contribution in [3.8, 4) is 0 Å². The lowest BCUT2D eigenvalue weighted by Gasteiger charge is -2.32. The molecule has 1 aliphatic rings. The predicted molar refractivity (Wildman–Crippen MR) is 84.9 cm³/mol. The Bertz CT molecular complexity index is 662. The number of nitrogens with one attached hydrogen (secondary N) is 2. The van der Waals surface area contributed by atoms with Crippen LogP contribution in [0.4, 0.5) is 0 Å². The topological polar surface area (TPSA) is 91.7 Å². The van der Waals surface area contributed by atoms with Crippen LogP contribution in [0.25, 0.3) is 0 Å². The smallest absolute Gasteiger partial charge is 0.271 e. The van der Waals surface area contributed by atoms with Crippen LogP contribution in [0.15, 0.2) is 12.3 Å². The van der Waals surface area contributed by atoms with Crippen molar-refractivity contribution in [2.45, 2.75) is 38.8 Å². The lowest BCUT2D eigenvalue weighted by Crippen LogP contribution is -2.36. The van der Waals surface area contributed by atoms with Crippen molar-refractivity contribution in [2.24, 2.45) is 0 Å². The van der Waals surface area contributed by atoms with Gasteiger partial charge in [-0.05, 0) is 25.5 Å². The SMILES string of the molecule is CCc1n[nH]c(CN2CCC[C@@H](n3ccc(C(=O)NC)n3)C2)n1. The molecule has 1 atom stereocenters. The molecule has 0 spiro atoms. The van der Waals surface area contributed by atoms with Crippen molar-refractivity contribution < 1.29 is 4.79 Å². The monoisotopic (exact) mass is 317 g/mol. The first kappa shape index (κ1) is 15.7. The Hall–Kier alpha value is -2.22. The average Bonchev–Trinajstić information content (AvgIpc) is 3.23. The van der Waals surface area contributed by atoms with Crippen LogP contribution in [0.5, 0.6) is 0 Å². The lowest BCUT2D eigenvalue weighted by molar-refractivity contribution is 0.0955. The number of likely N-dealkylation sites (tertiary alicyclic amines) is 1. The molecule has 1 aliphatic heterocycles. The van der Waals surface area contributed by atoms with E-state index in [1.807, 2.05) is 17.8 Å². The fourth-order valence-electron chi connectivity index (χ4n) is 2.96. The highest BCUT2D eigenvalue weighted by molar-refractivity contribution is 5.91. The molecular weight excluding hydrogens is 294 g/mol. The molecule has 2 N–H and O–H groups in total. The van der Waals surface area contributed by atoms with Crippen molar-refractivity contribution in [2.75, 3.05) is 20.1 Å². The first-order valence-electron chi connectivity index (χ1n) is 8.09. The van der Waals surface area contributed by atoms with Crippen molar-refractivity contribution in [3.63, 3.8) is 0 Å². The fraction of sp³-hybridized carbons (Fsp3) is 0.600. The van der Waals surface area contributed by atoms with E-state index in [9.17, 15) is 4.79 Å². The van der Waals surface area contributed by atoms with Gasteiger partial charge < -0.3 is 5.32 Å². The summed E-state index contributed by atoms with van der Waals surface area (Å²) in [5, 5.41) is 14.2. The quantitative estimate of drug-likeness (QED) is 0.849. The largest absolute Gasteiger partial charge is 0.354 e. The minimum atomic E-state index is -0.148. The van der Waals surface area contributed by atoms with Crippen LogP contribution in [-0.4, -0.2) is 55.9 Å². The number of amides is 1. The normalized spacial score (nSPS) is 19.0. The van der Waals surface area contributed by atoms with Crippen LogP contribution in [0.2, 0.25) is 0 Å². The molecule has 0 radical (unpaired) electrons. The summed E-state index contributed by atoms with van der Waals surface area (Å²) in [5.74, 6) is 1.62. The van der Waals surface area contributed by atoms with E-state index >= 15 is 0 Å². The van der Waals surface area contributed by atoms with Gasteiger partial charge in [0.25, 0.3) is 5.91 Å². The van der Waals surface area contributed by atoms with Crippen molar-refractivity contribution in [1.82, 2.24) is 35.2 Å². The van der Waals surface area contributed by atoms with Crippen LogP contribution >= 0.6 is 0 Å². The molecule has 3 rings (SSSR count). The van der Waals surface area contributed by atoms with Crippen LogP contribution in [0.3, 0.4) is 0 Å². The molecule has 0 aromatic carbocycles. The Kier molecular flexibility index (Phi) is 4.71. The van der Waals surface area contributed by atoms with Crippen molar-refractivity contribution in [3.05, 3.63) is 29.6 Å². The zero-order valence-electron chi connectivity index (χ0n) is 13.6. The molecule has 1 saturated heterocycles. The highest BCUT2D eigenvalue weighted by Gasteiger charge is 2.23. The molecular formula is C15H23N7O. The molecule has 0 unspecified atom stereocenters. The van der Waals surface area contributed by atoms with Crippen LogP contribution in [0, 0.1) is 0 Å². The molecule has 0 aliphatic carbocycles. The van der Waals surface area contributed by atoms with Gasteiger partial charge in [-0.1, -0.05) is 6.92 Å². The van der Waals surface area contributed by atoms with E-state index in [0.717, 1.165) is 50.5 Å². The number of carbonyl (C=O) groups excluding carboxylic acids is 1. The van der Waals surface area contributed by atoms with E-state index in [0.29, 0.717) is 5.69 Å². The first-order chi connectivity index (χ1) is 11.2.